The molecule has 3 heteroatoms. The zero-order chi connectivity index (χ0) is 15.6. The summed E-state index contributed by atoms with van der Waals surface area (Å²) in [5.41, 5.74) is 9.16. The van der Waals surface area contributed by atoms with Crippen LogP contribution in [0.25, 0.3) is 0 Å². The van der Waals surface area contributed by atoms with Gasteiger partial charge in [-0.15, -0.1) is 0 Å². The van der Waals surface area contributed by atoms with Crippen molar-refractivity contribution in [2.24, 2.45) is 5.41 Å². The van der Waals surface area contributed by atoms with Gasteiger partial charge in [-0.1, -0.05) is 44.6 Å². The molecule has 0 saturated carbocycles. The molecule has 0 radical (unpaired) electrons. The number of nitrogens with two attached hydrogens (primary N) is 1. The lowest BCUT2D eigenvalue weighted by atomic mass is 9.83. The van der Waals surface area contributed by atoms with Gasteiger partial charge in [-0.2, -0.15) is 0 Å². The number of anilines is 1. The number of hydrogen-bond acceptors (Lipinski definition) is 2. The lowest BCUT2D eigenvalue weighted by Gasteiger charge is -2.33. The molecule has 1 aliphatic heterocycles. The zero-order valence-corrected chi connectivity index (χ0v) is 13.5. The third-order valence-corrected chi connectivity index (χ3v) is 4.27. The summed E-state index contributed by atoms with van der Waals surface area (Å²) in [7, 11) is 0. The molecule has 21 heavy (non-hydrogen) atoms. The Labute approximate surface area is 127 Å². The number of rotatable bonds is 2. The Balaban J connectivity index is 2.07. The van der Waals surface area contributed by atoms with E-state index < -0.39 is 0 Å². The van der Waals surface area contributed by atoms with Gasteiger partial charge in [-0.05, 0) is 36.5 Å². The van der Waals surface area contributed by atoms with E-state index in [1.807, 2.05) is 36.1 Å². The Morgan fingerprint density at radius 1 is 1.33 bits per heavy atom. The molecule has 0 spiro atoms. The molecule has 0 bridgehead atoms. The Hall–Kier alpha value is -1.77. The predicted molar refractivity (Wildman–Crippen MR) is 88.0 cm³/mol. The molecule has 114 valence electrons. The van der Waals surface area contributed by atoms with Gasteiger partial charge in [0.25, 0.3) is 0 Å². The number of nitrogen functional groups attached to an aromatic ring is 1. The molecule has 1 atom stereocenters. The van der Waals surface area contributed by atoms with E-state index in [1.165, 1.54) is 5.57 Å². The maximum Gasteiger partial charge on any atom is 0.230 e. The first kappa shape index (κ1) is 15.6. The van der Waals surface area contributed by atoms with Crippen molar-refractivity contribution in [2.45, 2.75) is 40.0 Å². The van der Waals surface area contributed by atoms with E-state index >= 15 is 0 Å². The summed E-state index contributed by atoms with van der Waals surface area (Å²) in [6.07, 6.45) is 3.19. The first-order valence-electron chi connectivity index (χ1n) is 7.63. The summed E-state index contributed by atoms with van der Waals surface area (Å²) in [6, 6.07) is 7.62. The molecule has 1 amide bonds. The van der Waals surface area contributed by atoms with Gasteiger partial charge in [0.2, 0.25) is 5.91 Å². The Morgan fingerprint density at radius 3 is 2.57 bits per heavy atom. The van der Waals surface area contributed by atoms with Crippen LogP contribution in [0.5, 0.6) is 0 Å². The highest BCUT2D eigenvalue weighted by molar-refractivity contribution is 5.84. The number of nitrogens with zero attached hydrogens (tertiary/aromatic N) is 1. The second-order valence-corrected chi connectivity index (χ2v) is 6.91. The van der Waals surface area contributed by atoms with Crippen LogP contribution in [0.15, 0.2) is 35.9 Å². The summed E-state index contributed by atoms with van der Waals surface area (Å²) >= 11 is 0. The van der Waals surface area contributed by atoms with Crippen LogP contribution in [-0.4, -0.2) is 23.9 Å². The molecule has 2 N–H and O–H groups in total. The minimum Gasteiger partial charge on any atom is -0.399 e. The molecule has 3 nitrogen and oxygen atoms in total. The maximum atomic E-state index is 12.6. The van der Waals surface area contributed by atoms with Gasteiger partial charge in [0.15, 0.2) is 0 Å². The Morgan fingerprint density at radius 2 is 2.05 bits per heavy atom. The van der Waals surface area contributed by atoms with Gasteiger partial charge < -0.3 is 10.6 Å². The highest BCUT2D eigenvalue weighted by Gasteiger charge is 2.26. The van der Waals surface area contributed by atoms with Crippen LogP contribution < -0.4 is 5.73 Å². The summed E-state index contributed by atoms with van der Waals surface area (Å²) in [5, 5.41) is 0. The van der Waals surface area contributed by atoms with Crippen molar-refractivity contribution in [1.29, 1.82) is 0 Å². The second-order valence-electron chi connectivity index (χ2n) is 6.91. The summed E-state index contributed by atoms with van der Waals surface area (Å²) in [4.78, 5) is 14.6. The minimum absolute atomic E-state index is 0.141. The van der Waals surface area contributed by atoms with E-state index in [0.29, 0.717) is 5.69 Å². The number of benzene rings is 1. The SMILES string of the molecule is CC(C(=O)N1CC=C(C(C)(C)C)CC1)c1cccc(N)c1. The van der Waals surface area contributed by atoms with Gasteiger partial charge in [-0.3, -0.25) is 4.79 Å². The fourth-order valence-corrected chi connectivity index (χ4v) is 2.80. The molecule has 0 fully saturated rings. The van der Waals surface area contributed by atoms with Gasteiger partial charge in [0.05, 0.1) is 5.92 Å². The molecular weight excluding hydrogens is 260 g/mol. The summed E-state index contributed by atoms with van der Waals surface area (Å²) in [6.45, 7) is 10.2. The number of carbonyl (C=O) groups excluding carboxylic acids is 1. The molecule has 0 saturated heterocycles. The molecule has 0 aromatic heterocycles. The van der Waals surface area contributed by atoms with Crippen LogP contribution in [-0.2, 0) is 4.79 Å². The van der Waals surface area contributed by atoms with Crippen molar-refractivity contribution in [1.82, 2.24) is 4.90 Å². The average Bonchev–Trinajstić information content (AvgIpc) is 2.45. The lowest BCUT2D eigenvalue weighted by Crippen LogP contribution is -2.38. The van der Waals surface area contributed by atoms with Gasteiger partial charge in [0, 0.05) is 18.8 Å². The van der Waals surface area contributed by atoms with E-state index in [-0.39, 0.29) is 17.2 Å². The van der Waals surface area contributed by atoms with Crippen molar-refractivity contribution in [3.8, 4) is 0 Å². The third kappa shape index (κ3) is 3.66. The molecule has 1 unspecified atom stereocenters. The largest absolute Gasteiger partial charge is 0.399 e. The molecule has 1 heterocycles. The average molecular weight is 286 g/mol. The number of amides is 1. The van der Waals surface area contributed by atoms with Crippen LogP contribution in [0, 0.1) is 5.41 Å². The first-order chi connectivity index (χ1) is 9.79. The standard InChI is InChI=1S/C18H26N2O/c1-13(14-6-5-7-16(19)12-14)17(21)20-10-8-15(9-11-20)18(2,3)4/h5-8,12-13H,9-11,19H2,1-4H3. The molecule has 0 aliphatic carbocycles. The van der Waals surface area contributed by atoms with Gasteiger partial charge in [0.1, 0.15) is 0 Å². The van der Waals surface area contributed by atoms with Crippen molar-refractivity contribution in [3.63, 3.8) is 0 Å². The topological polar surface area (TPSA) is 46.3 Å². The smallest absolute Gasteiger partial charge is 0.230 e. The lowest BCUT2D eigenvalue weighted by molar-refractivity contribution is -0.132. The number of carbonyl (C=O) groups is 1. The highest BCUT2D eigenvalue weighted by atomic mass is 16.2. The molecule has 1 aromatic carbocycles. The van der Waals surface area contributed by atoms with Crippen LogP contribution in [0.3, 0.4) is 0 Å². The van der Waals surface area contributed by atoms with E-state index in [0.717, 1.165) is 25.1 Å². The van der Waals surface area contributed by atoms with Crippen LogP contribution in [0.4, 0.5) is 5.69 Å². The molecule has 2 rings (SSSR count). The van der Waals surface area contributed by atoms with Crippen LogP contribution in [0.1, 0.15) is 45.6 Å². The van der Waals surface area contributed by atoms with Gasteiger partial charge >= 0.3 is 0 Å². The molecule has 1 aliphatic rings. The monoisotopic (exact) mass is 286 g/mol. The Bertz CT molecular complexity index is 555. The number of hydrogen-bond donors (Lipinski definition) is 1. The van der Waals surface area contributed by atoms with Crippen LogP contribution in [0.2, 0.25) is 0 Å². The normalized spacial score (nSPS) is 17.3. The maximum absolute atomic E-state index is 12.6. The van der Waals surface area contributed by atoms with E-state index in [2.05, 4.69) is 26.8 Å². The van der Waals surface area contributed by atoms with Crippen molar-refractivity contribution in [2.75, 3.05) is 18.8 Å². The first-order valence-corrected chi connectivity index (χ1v) is 7.63. The molecular formula is C18H26N2O. The van der Waals surface area contributed by atoms with E-state index in [9.17, 15) is 4.79 Å². The summed E-state index contributed by atoms with van der Waals surface area (Å²) < 4.78 is 0. The fourth-order valence-electron chi connectivity index (χ4n) is 2.80. The Kier molecular flexibility index (Phi) is 4.40. The van der Waals surface area contributed by atoms with Crippen LogP contribution >= 0.6 is 0 Å². The fraction of sp³-hybridized carbons (Fsp3) is 0.500. The third-order valence-electron chi connectivity index (χ3n) is 4.27. The van der Waals surface area contributed by atoms with E-state index in [1.54, 1.807) is 0 Å². The van der Waals surface area contributed by atoms with Crippen molar-refractivity contribution in [3.05, 3.63) is 41.5 Å². The minimum atomic E-state index is -0.141. The summed E-state index contributed by atoms with van der Waals surface area (Å²) in [5.74, 6) is 0.0443. The highest BCUT2D eigenvalue weighted by Crippen LogP contribution is 2.31. The van der Waals surface area contributed by atoms with Crippen molar-refractivity contribution >= 4 is 11.6 Å². The van der Waals surface area contributed by atoms with Crippen molar-refractivity contribution < 1.29 is 4.79 Å². The second kappa shape index (κ2) is 5.92. The zero-order valence-electron chi connectivity index (χ0n) is 13.5. The van der Waals surface area contributed by atoms with E-state index in [4.69, 9.17) is 5.73 Å². The molecule has 1 aromatic rings. The van der Waals surface area contributed by atoms with Gasteiger partial charge in [-0.25, -0.2) is 0 Å². The predicted octanol–water partition coefficient (Wildman–Crippen LogP) is 3.58. The quantitative estimate of drug-likeness (QED) is 0.667.